The van der Waals surface area contributed by atoms with Crippen LogP contribution in [0.2, 0.25) is 0 Å². The number of benzene rings is 1. The molecule has 1 amide bonds. The molecule has 0 unspecified atom stereocenters. The predicted octanol–water partition coefficient (Wildman–Crippen LogP) is 2.05. The van der Waals surface area contributed by atoms with Crippen molar-refractivity contribution in [3.8, 4) is 5.75 Å². The highest BCUT2D eigenvalue weighted by Crippen LogP contribution is 2.27. The number of likely N-dealkylation sites (tertiary alicyclic amines) is 1. The minimum absolute atomic E-state index is 0.0388. The SMILES string of the molecule is O=C(c1ccoc1)N1CCC(CNS(=O)(=O)c2ccc3c(c2)CCO3)CC1. The summed E-state index contributed by atoms with van der Waals surface area (Å²) in [5.74, 6) is 0.942. The van der Waals surface area contributed by atoms with Gasteiger partial charge >= 0.3 is 0 Å². The molecule has 27 heavy (non-hydrogen) atoms. The van der Waals surface area contributed by atoms with Crippen LogP contribution in [0.3, 0.4) is 0 Å². The number of nitrogens with zero attached hydrogens (tertiary/aromatic N) is 1. The van der Waals surface area contributed by atoms with Gasteiger partial charge < -0.3 is 14.1 Å². The Hall–Kier alpha value is -2.32. The molecule has 1 N–H and O–H groups in total. The van der Waals surface area contributed by atoms with Crippen molar-refractivity contribution in [3.63, 3.8) is 0 Å². The molecule has 4 rings (SSSR count). The summed E-state index contributed by atoms with van der Waals surface area (Å²) in [6.45, 7) is 2.21. The molecule has 1 aromatic heterocycles. The van der Waals surface area contributed by atoms with Gasteiger partial charge in [-0.3, -0.25) is 4.79 Å². The molecular weight excluding hydrogens is 368 g/mol. The molecule has 2 aliphatic rings. The molecule has 0 atom stereocenters. The van der Waals surface area contributed by atoms with Crippen LogP contribution < -0.4 is 9.46 Å². The summed E-state index contributed by atoms with van der Waals surface area (Å²) in [5.41, 5.74) is 1.48. The molecule has 0 radical (unpaired) electrons. The molecule has 1 saturated heterocycles. The Labute approximate surface area is 158 Å². The molecule has 7 nitrogen and oxygen atoms in total. The van der Waals surface area contributed by atoms with Crippen molar-refractivity contribution in [3.05, 3.63) is 47.9 Å². The number of carbonyl (C=O) groups excluding carboxylic acids is 1. The standard InChI is InChI=1S/C19H22N2O5S/c22-19(16-5-9-25-13-16)21-7-3-14(4-8-21)12-20-27(23,24)17-1-2-18-15(11-17)6-10-26-18/h1-2,5,9,11,13-14,20H,3-4,6-8,10,12H2. The van der Waals surface area contributed by atoms with E-state index in [0.29, 0.717) is 31.8 Å². The smallest absolute Gasteiger partial charge is 0.257 e. The first-order chi connectivity index (χ1) is 13.0. The van der Waals surface area contributed by atoms with Crippen LogP contribution in [0.1, 0.15) is 28.8 Å². The van der Waals surface area contributed by atoms with Gasteiger partial charge in [0, 0.05) is 26.1 Å². The summed E-state index contributed by atoms with van der Waals surface area (Å²) < 4.78 is 38.3. The van der Waals surface area contributed by atoms with E-state index in [4.69, 9.17) is 9.15 Å². The van der Waals surface area contributed by atoms with E-state index in [1.807, 2.05) is 0 Å². The Morgan fingerprint density at radius 3 is 2.78 bits per heavy atom. The van der Waals surface area contributed by atoms with Crippen LogP contribution >= 0.6 is 0 Å². The maximum atomic E-state index is 12.6. The van der Waals surface area contributed by atoms with E-state index in [9.17, 15) is 13.2 Å². The van der Waals surface area contributed by atoms with Crippen LogP contribution in [0.4, 0.5) is 0 Å². The van der Waals surface area contributed by atoms with Gasteiger partial charge in [0.2, 0.25) is 10.0 Å². The second-order valence-electron chi connectivity index (χ2n) is 6.97. The maximum absolute atomic E-state index is 12.6. The van der Waals surface area contributed by atoms with Crippen LogP contribution in [-0.4, -0.2) is 45.5 Å². The fourth-order valence-electron chi connectivity index (χ4n) is 3.55. The van der Waals surface area contributed by atoms with Gasteiger partial charge in [0.15, 0.2) is 0 Å². The molecule has 0 aliphatic carbocycles. The molecule has 0 bridgehead atoms. The number of nitrogens with one attached hydrogen (secondary N) is 1. The number of hydrogen-bond donors (Lipinski definition) is 1. The summed E-state index contributed by atoms with van der Waals surface area (Å²) in [6.07, 6.45) is 5.21. The average Bonchev–Trinajstić information content (AvgIpc) is 3.37. The van der Waals surface area contributed by atoms with Gasteiger partial charge in [0.05, 0.1) is 23.3 Å². The number of furan rings is 1. The number of piperidine rings is 1. The van der Waals surface area contributed by atoms with Crippen molar-refractivity contribution >= 4 is 15.9 Å². The molecule has 0 spiro atoms. The van der Waals surface area contributed by atoms with Gasteiger partial charge in [-0.15, -0.1) is 0 Å². The number of fused-ring (bicyclic) bond motifs is 1. The highest BCUT2D eigenvalue weighted by Gasteiger charge is 2.26. The molecule has 0 saturated carbocycles. The second-order valence-corrected chi connectivity index (χ2v) is 8.73. The molecular formula is C19H22N2O5S. The number of carbonyl (C=O) groups is 1. The fourth-order valence-corrected chi connectivity index (χ4v) is 4.72. The molecule has 3 heterocycles. The first kappa shape index (κ1) is 18.1. The van der Waals surface area contributed by atoms with E-state index in [2.05, 4.69) is 4.72 Å². The summed E-state index contributed by atoms with van der Waals surface area (Å²) >= 11 is 0. The van der Waals surface area contributed by atoms with Gasteiger partial charge in [0.1, 0.15) is 12.0 Å². The van der Waals surface area contributed by atoms with Crippen molar-refractivity contribution in [1.29, 1.82) is 0 Å². The third kappa shape index (κ3) is 3.86. The minimum Gasteiger partial charge on any atom is -0.493 e. The van der Waals surface area contributed by atoms with E-state index >= 15 is 0 Å². The number of amides is 1. The summed E-state index contributed by atoms with van der Waals surface area (Å²) in [6, 6.07) is 6.65. The van der Waals surface area contributed by atoms with Gasteiger partial charge in [-0.05, 0) is 48.6 Å². The van der Waals surface area contributed by atoms with E-state index in [0.717, 1.165) is 30.6 Å². The topological polar surface area (TPSA) is 88.9 Å². The Balaban J connectivity index is 1.31. The van der Waals surface area contributed by atoms with Crippen LogP contribution in [0.15, 0.2) is 46.1 Å². The number of hydrogen-bond acceptors (Lipinski definition) is 5. The van der Waals surface area contributed by atoms with Crippen LogP contribution in [0.5, 0.6) is 5.75 Å². The van der Waals surface area contributed by atoms with Gasteiger partial charge in [-0.2, -0.15) is 0 Å². The maximum Gasteiger partial charge on any atom is 0.257 e. The lowest BCUT2D eigenvalue weighted by Gasteiger charge is -2.31. The van der Waals surface area contributed by atoms with E-state index in [-0.39, 0.29) is 16.7 Å². The van der Waals surface area contributed by atoms with Crippen LogP contribution in [0, 0.1) is 5.92 Å². The van der Waals surface area contributed by atoms with Crippen LogP contribution in [0.25, 0.3) is 0 Å². The third-order valence-corrected chi connectivity index (χ3v) is 6.62. The third-order valence-electron chi connectivity index (χ3n) is 5.20. The molecule has 144 valence electrons. The van der Waals surface area contributed by atoms with Gasteiger partial charge in [-0.1, -0.05) is 0 Å². The zero-order valence-corrected chi connectivity index (χ0v) is 15.7. The molecule has 1 aromatic carbocycles. The summed E-state index contributed by atoms with van der Waals surface area (Å²) in [5, 5.41) is 0. The Morgan fingerprint density at radius 2 is 2.04 bits per heavy atom. The first-order valence-electron chi connectivity index (χ1n) is 9.10. The summed E-state index contributed by atoms with van der Waals surface area (Å²) in [7, 11) is -3.55. The van der Waals surface area contributed by atoms with Crippen molar-refractivity contribution in [2.24, 2.45) is 5.92 Å². The van der Waals surface area contributed by atoms with E-state index in [1.54, 1.807) is 29.2 Å². The Bertz CT molecular complexity index is 916. The first-order valence-corrected chi connectivity index (χ1v) is 10.6. The highest BCUT2D eigenvalue weighted by molar-refractivity contribution is 7.89. The van der Waals surface area contributed by atoms with Crippen molar-refractivity contribution < 1.29 is 22.4 Å². The van der Waals surface area contributed by atoms with Crippen molar-refractivity contribution in [2.75, 3.05) is 26.2 Å². The highest BCUT2D eigenvalue weighted by atomic mass is 32.2. The van der Waals surface area contributed by atoms with E-state index in [1.165, 1.54) is 12.5 Å². The number of ether oxygens (including phenoxy) is 1. The quantitative estimate of drug-likeness (QED) is 0.844. The van der Waals surface area contributed by atoms with Crippen molar-refractivity contribution in [2.45, 2.75) is 24.2 Å². The second kappa shape index (κ2) is 7.36. The van der Waals surface area contributed by atoms with Gasteiger partial charge in [-0.25, -0.2) is 13.1 Å². The zero-order chi connectivity index (χ0) is 18.9. The average molecular weight is 390 g/mol. The molecule has 2 aromatic rings. The zero-order valence-electron chi connectivity index (χ0n) is 14.9. The number of sulfonamides is 1. The fraction of sp³-hybridized carbons (Fsp3) is 0.421. The minimum atomic E-state index is -3.55. The predicted molar refractivity (Wildman–Crippen MR) is 98.2 cm³/mol. The molecule has 8 heteroatoms. The molecule has 2 aliphatic heterocycles. The largest absolute Gasteiger partial charge is 0.493 e. The number of rotatable bonds is 5. The van der Waals surface area contributed by atoms with Gasteiger partial charge in [0.25, 0.3) is 5.91 Å². The lowest BCUT2D eigenvalue weighted by molar-refractivity contribution is 0.0691. The normalized spacial score (nSPS) is 17.6. The monoisotopic (exact) mass is 390 g/mol. The van der Waals surface area contributed by atoms with Crippen molar-refractivity contribution in [1.82, 2.24) is 9.62 Å². The Kier molecular flexibility index (Phi) is 4.92. The van der Waals surface area contributed by atoms with E-state index < -0.39 is 10.0 Å². The van der Waals surface area contributed by atoms with Crippen LogP contribution in [-0.2, 0) is 16.4 Å². The summed E-state index contributed by atoms with van der Waals surface area (Å²) in [4.78, 5) is 14.4. The molecule has 1 fully saturated rings. The lowest BCUT2D eigenvalue weighted by Crippen LogP contribution is -2.41. The lowest BCUT2D eigenvalue weighted by atomic mass is 9.97. The Morgan fingerprint density at radius 1 is 1.22 bits per heavy atom.